The van der Waals surface area contributed by atoms with Crippen LogP contribution in [0.2, 0.25) is 0 Å². The van der Waals surface area contributed by atoms with Crippen LogP contribution in [-0.2, 0) is 9.13 Å². The zero-order valence-corrected chi connectivity index (χ0v) is 12.9. The maximum absolute atomic E-state index is 10.0. The van der Waals surface area contributed by atoms with Crippen LogP contribution in [-0.4, -0.2) is 24.4 Å². The van der Waals surface area contributed by atoms with E-state index in [0.717, 1.165) is 0 Å². The van der Waals surface area contributed by atoms with Gasteiger partial charge < -0.3 is 19.6 Å². The molecule has 0 aliphatic rings. The second-order valence-corrected chi connectivity index (χ2v) is 8.75. The Morgan fingerprint density at radius 2 is 1.32 bits per heavy atom. The van der Waals surface area contributed by atoms with E-state index < -0.39 is 20.1 Å². The molecule has 0 spiro atoms. The third-order valence-corrected chi connectivity index (χ3v) is 6.33. The molecule has 0 aliphatic heterocycles. The first kappa shape index (κ1) is 18.7. The highest BCUT2D eigenvalue weighted by atomic mass is 35.5. The van der Waals surface area contributed by atoms with Gasteiger partial charge in [-0.2, -0.15) is 0 Å². The molecule has 19 heavy (non-hydrogen) atoms. The van der Waals surface area contributed by atoms with Crippen LogP contribution in [0.1, 0.15) is 19.9 Å². The van der Waals surface area contributed by atoms with Gasteiger partial charge in [0.25, 0.3) is 0 Å². The summed E-state index contributed by atoms with van der Waals surface area (Å²) in [6.07, 6.45) is 4.15. The van der Waals surface area contributed by atoms with Crippen LogP contribution in [0.25, 0.3) is 0 Å². The predicted molar refractivity (Wildman–Crippen MR) is 70.8 cm³/mol. The van der Waals surface area contributed by atoms with Gasteiger partial charge in [0, 0.05) is 12.1 Å². The number of aromatic nitrogens is 1. The van der Waals surface area contributed by atoms with Crippen molar-refractivity contribution in [1.82, 2.24) is 0 Å². The number of pyridine rings is 1. The van der Waals surface area contributed by atoms with Crippen LogP contribution >= 0.6 is 26.8 Å². The molecular weight excluding hydrogens is 316 g/mol. The zero-order chi connectivity index (χ0) is 15.3. The average Bonchev–Trinajstić information content (AvgIpc) is 2.27. The van der Waals surface area contributed by atoms with E-state index in [1.165, 1.54) is 0 Å². The van der Waals surface area contributed by atoms with Crippen molar-refractivity contribution in [2.75, 3.05) is 0 Å². The molecule has 0 aromatic carbocycles. The van der Waals surface area contributed by atoms with E-state index in [1.54, 1.807) is 0 Å². The van der Waals surface area contributed by atoms with Crippen molar-refractivity contribution < 1.29 is 33.3 Å². The lowest BCUT2D eigenvalue weighted by Gasteiger charge is -2.11. The standard InChI is InChI=1S/C8H12N.CH5ClO6P2/c1-8(2)9-6-4-3-5-7-9;2-1(9(3,4)5)10(6,7)8/h3-8H,1-2H3;1H,(H2,3,4,5)(H2,6,7,8)/q+1;. The average molecular weight is 333 g/mol. The Morgan fingerprint density at radius 1 is 0.947 bits per heavy atom. The number of rotatable bonds is 3. The van der Waals surface area contributed by atoms with Gasteiger partial charge in [0.05, 0.1) is 0 Å². The third kappa shape index (κ3) is 7.80. The minimum absolute atomic E-state index is 0.575. The fraction of sp³-hybridized carbons (Fsp3) is 0.444. The molecular formula is C9H17ClNO6P2+. The summed E-state index contributed by atoms with van der Waals surface area (Å²) in [5.74, 6) is 0. The topological polar surface area (TPSA) is 119 Å². The molecule has 1 rings (SSSR count). The molecule has 0 saturated heterocycles. The van der Waals surface area contributed by atoms with Gasteiger partial charge in [0.15, 0.2) is 18.4 Å². The normalized spacial score (nSPS) is 12.3. The Bertz CT molecular complexity index is 449. The fourth-order valence-corrected chi connectivity index (χ4v) is 2.52. The molecule has 0 bridgehead atoms. The van der Waals surface area contributed by atoms with Crippen LogP contribution in [0, 0.1) is 0 Å². The van der Waals surface area contributed by atoms with E-state index in [4.69, 9.17) is 31.2 Å². The van der Waals surface area contributed by atoms with E-state index in [-0.39, 0.29) is 0 Å². The van der Waals surface area contributed by atoms with Gasteiger partial charge in [0.1, 0.15) is 0 Å². The first-order chi connectivity index (χ1) is 8.46. The van der Waals surface area contributed by atoms with Gasteiger partial charge in [-0.15, -0.1) is 0 Å². The van der Waals surface area contributed by atoms with E-state index in [9.17, 15) is 9.13 Å². The zero-order valence-electron chi connectivity index (χ0n) is 10.4. The van der Waals surface area contributed by atoms with E-state index in [0.29, 0.717) is 6.04 Å². The van der Waals surface area contributed by atoms with Gasteiger partial charge >= 0.3 is 15.2 Å². The van der Waals surface area contributed by atoms with Crippen molar-refractivity contribution in [1.29, 1.82) is 0 Å². The first-order valence-corrected chi connectivity index (χ1v) is 8.96. The number of halogens is 1. The lowest BCUT2D eigenvalue weighted by Crippen LogP contribution is -2.34. The Hall–Kier alpha value is -0.260. The van der Waals surface area contributed by atoms with E-state index in [1.807, 2.05) is 18.2 Å². The third-order valence-electron chi connectivity index (χ3n) is 1.89. The SMILES string of the molecule is CC(C)[n+]1ccccc1.O=P(O)(O)C(Cl)P(=O)(O)O. The number of hydrogen-bond acceptors (Lipinski definition) is 2. The molecule has 1 heterocycles. The summed E-state index contributed by atoms with van der Waals surface area (Å²) in [6.45, 7) is 4.33. The maximum atomic E-state index is 10.0. The first-order valence-electron chi connectivity index (χ1n) is 5.16. The van der Waals surface area contributed by atoms with Gasteiger partial charge in [-0.1, -0.05) is 17.7 Å². The lowest BCUT2D eigenvalue weighted by molar-refractivity contribution is -0.716. The molecule has 10 heteroatoms. The van der Waals surface area contributed by atoms with Gasteiger partial charge in [-0.05, 0) is 13.8 Å². The van der Waals surface area contributed by atoms with E-state index in [2.05, 4.69) is 30.8 Å². The van der Waals surface area contributed by atoms with Crippen molar-refractivity contribution in [3.63, 3.8) is 0 Å². The summed E-state index contributed by atoms with van der Waals surface area (Å²) < 4.78 is 22.3. The van der Waals surface area contributed by atoms with Crippen molar-refractivity contribution in [3.8, 4) is 0 Å². The summed E-state index contributed by atoms with van der Waals surface area (Å²) in [5.41, 5.74) is 0. The number of alkyl halides is 1. The molecule has 0 radical (unpaired) electrons. The molecule has 0 unspecified atom stereocenters. The fourth-order valence-electron chi connectivity index (χ4n) is 0.952. The number of nitrogens with zero attached hydrogens (tertiary/aromatic N) is 1. The van der Waals surface area contributed by atoms with Crippen LogP contribution in [0.3, 0.4) is 0 Å². The molecule has 4 N–H and O–H groups in total. The quantitative estimate of drug-likeness (QED) is 0.377. The van der Waals surface area contributed by atoms with E-state index >= 15 is 0 Å². The Labute approximate surface area is 116 Å². The highest BCUT2D eigenvalue weighted by Gasteiger charge is 2.41. The monoisotopic (exact) mass is 332 g/mol. The Balaban J connectivity index is 0.000000342. The predicted octanol–water partition coefficient (Wildman–Crippen LogP) is 1.42. The lowest BCUT2D eigenvalue weighted by atomic mass is 10.3. The smallest absolute Gasteiger partial charge is 0.323 e. The summed E-state index contributed by atoms with van der Waals surface area (Å²) in [6, 6.07) is 6.69. The summed E-state index contributed by atoms with van der Waals surface area (Å²) >= 11 is 4.71. The highest BCUT2D eigenvalue weighted by Crippen LogP contribution is 2.61. The van der Waals surface area contributed by atoms with Crippen LogP contribution in [0.15, 0.2) is 30.6 Å². The summed E-state index contributed by atoms with van der Waals surface area (Å²) in [4.78, 5) is 30.0. The summed E-state index contributed by atoms with van der Waals surface area (Å²) in [7, 11) is -9.75. The molecule has 0 saturated carbocycles. The van der Waals surface area contributed by atoms with Crippen molar-refractivity contribution in [3.05, 3.63) is 30.6 Å². The van der Waals surface area contributed by atoms with Crippen LogP contribution < -0.4 is 4.57 Å². The molecule has 1 aromatic heterocycles. The largest absolute Gasteiger partial charge is 0.355 e. The molecule has 110 valence electrons. The molecule has 1 aromatic rings. The molecule has 0 fully saturated rings. The Kier molecular flexibility index (Phi) is 7.40. The van der Waals surface area contributed by atoms with Gasteiger partial charge in [-0.25, -0.2) is 4.57 Å². The molecule has 0 amide bonds. The number of hydrogen-bond donors (Lipinski definition) is 4. The Morgan fingerprint density at radius 3 is 1.47 bits per heavy atom. The van der Waals surface area contributed by atoms with Crippen molar-refractivity contribution >= 4 is 26.8 Å². The minimum atomic E-state index is -4.88. The van der Waals surface area contributed by atoms with Gasteiger partial charge in [-0.3, -0.25) is 9.13 Å². The highest BCUT2D eigenvalue weighted by molar-refractivity contribution is 7.73. The maximum Gasteiger partial charge on any atom is 0.355 e. The minimum Gasteiger partial charge on any atom is -0.323 e. The second-order valence-electron chi connectivity index (χ2n) is 3.91. The van der Waals surface area contributed by atoms with Crippen LogP contribution in [0.4, 0.5) is 0 Å². The van der Waals surface area contributed by atoms with Gasteiger partial charge in [0.2, 0.25) is 4.86 Å². The molecule has 0 atom stereocenters. The van der Waals surface area contributed by atoms with Crippen molar-refractivity contribution in [2.24, 2.45) is 0 Å². The summed E-state index contributed by atoms with van der Waals surface area (Å²) in [5, 5.41) is 0. The second kappa shape index (κ2) is 7.50. The van der Waals surface area contributed by atoms with Crippen molar-refractivity contribution in [2.45, 2.75) is 24.7 Å². The van der Waals surface area contributed by atoms with Crippen LogP contribution in [0.5, 0.6) is 0 Å². The molecule has 7 nitrogen and oxygen atoms in total. The molecule has 0 aliphatic carbocycles.